The quantitative estimate of drug-likeness (QED) is 0.650. The van der Waals surface area contributed by atoms with E-state index in [1.54, 1.807) is 0 Å². The van der Waals surface area contributed by atoms with Crippen molar-refractivity contribution in [2.75, 3.05) is 0 Å². The molecule has 1 N–H and O–H groups in total. The number of ketones is 1. The van der Waals surface area contributed by atoms with E-state index in [4.69, 9.17) is 34.8 Å². The lowest BCUT2D eigenvalue weighted by Crippen LogP contribution is -2.05. The molecule has 88 valence electrons. The molecule has 0 aromatic heterocycles. The zero-order valence-electron chi connectivity index (χ0n) is 8.85. The highest BCUT2D eigenvalue weighted by atomic mass is 35.5. The molecule has 0 saturated heterocycles. The fraction of sp³-hybridized carbons (Fsp3) is 0.364. The van der Waals surface area contributed by atoms with Crippen LogP contribution in [-0.4, -0.2) is 10.9 Å². The van der Waals surface area contributed by atoms with Gasteiger partial charge < -0.3 is 5.11 Å². The molecule has 16 heavy (non-hydrogen) atoms. The maximum absolute atomic E-state index is 11.8. The number of benzene rings is 1. The molecule has 0 aliphatic rings. The van der Waals surface area contributed by atoms with Crippen LogP contribution in [-0.2, 0) is 0 Å². The van der Waals surface area contributed by atoms with E-state index in [0.29, 0.717) is 0 Å². The number of hydrogen-bond acceptors (Lipinski definition) is 2. The average molecular weight is 282 g/mol. The molecule has 1 rings (SSSR count). The van der Waals surface area contributed by atoms with E-state index in [1.165, 1.54) is 6.07 Å². The van der Waals surface area contributed by atoms with Gasteiger partial charge in [-0.1, -0.05) is 48.7 Å². The molecule has 0 unspecified atom stereocenters. The van der Waals surface area contributed by atoms with Gasteiger partial charge in [0.1, 0.15) is 5.75 Å². The summed E-state index contributed by atoms with van der Waals surface area (Å²) in [6, 6.07) is 1.31. The molecular formula is C11H11Cl3O2. The molecule has 0 amide bonds. The minimum absolute atomic E-state index is 0.00728. The van der Waals surface area contributed by atoms with E-state index in [9.17, 15) is 9.90 Å². The van der Waals surface area contributed by atoms with Crippen LogP contribution in [0.4, 0.5) is 0 Å². The van der Waals surface area contributed by atoms with Gasteiger partial charge in [0.2, 0.25) is 0 Å². The average Bonchev–Trinajstić information content (AvgIpc) is 2.14. The number of halogens is 3. The van der Waals surface area contributed by atoms with Crippen LogP contribution < -0.4 is 0 Å². The smallest absolute Gasteiger partial charge is 0.168 e. The van der Waals surface area contributed by atoms with Gasteiger partial charge in [0.25, 0.3) is 0 Å². The van der Waals surface area contributed by atoms with Gasteiger partial charge in [-0.2, -0.15) is 0 Å². The van der Waals surface area contributed by atoms with Crippen LogP contribution in [0.5, 0.6) is 5.75 Å². The summed E-state index contributed by atoms with van der Waals surface area (Å²) in [7, 11) is 0. The lowest BCUT2D eigenvalue weighted by molar-refractivity contribution is 0.0965. The third kappa shape index (κ3) is 2.82. The van der Waals surface area contributed by atoms with Crippen molar-refractivity contribution < 1.29 is 9.90 Å². The Hall–Kier alpha value is -0.440. The van der Waals surface area contributed by atoms with Gasteiger partial charge in [-0.25, -0.2) is 0 Å². The summed E-state index contributed by atoms with van der Waals surface area (Å²) in [4.78, 5) is 11.8. The molecule has 0 fully saturated rings. The molecule has 2 nitrogen and oxygen atoms in total. The van der Waals surface area contributed by atoms with Gasteiger partial charge in [-0.05, 0) is 12.0 Å². The van der Waals surface area contributed by atoms with Crippen molar-refractivity contribution >= 4 is 40.6 Å². The molecule has 0 saturated carbocycles. The highest BCUT2D eigenvalue weighted by Gasteiger charge is 2.21. The van der Waals surface area contributed by atoms with Gasteiger partial charge in [0, 0.05) is 6.42 Å². The van der Waals surface area contributed by atoms with Crippen molar-refractivity contribution in [3.63, 3.8) is 0 Å². The molecule has 5 heteroatoms. The first-order valence-electron chi connectivity index (χ1n) is 4.74. The monoisotopic (exact) mass is 280 g/mol. The Morgan fingerprint density at radius 3 is 2.38 bits per heavy atom. The third-order valence-corrected chi connectivity index (χ3v) is 3.09. The van der Waals surface area contributed by atoms with Crippen molar-refractivity contribution in [2.45, 2.75) is 20.3 Å². The minimum atomic E-state index is -0.304. The summed E-state index contributed by atoms with van der Waals surface area (Å²) in [6.07, 6.45) is 0.282. The maximum atomic E-state index is 11.8. The first kappa shape index (κ1) is 13.6. The molecule has 1 aromatic carbocycles. The molecule has 0 aliphatic heterocycles. The van der Waals surface area contributed by atoms with Crippen LogP contribution in [0.15, 0.2) is 6.07 Å². The van der Waals surface area contributed by atoms with Gasteiger partial charge in [0.15, 0.2) is 5.78 Å². The Balaban J connectivity index is 3.27. The van der Waals surface area contributed by atoms with E-state index < -0.39 is 0 Å². The lowest BCUT2D eigenvalue weighted by Gasteiger charge is -2.10. The molecule has 0 bridgehead atoms. The first-order valence-corrected chi connectivity index (χ1v) is 5.87. The fourth-order valence-corrected chi connectivity index (χ4v) is 2.03. The van der Waals surface area contributed by atoms with Crippen LogP contribution in [0.2, 0.25) is 15.1 Å². The third-order valence-electron chi connectivity index (χ3n) is 2.02. The maximum Gasteiger partial charge on any atom is 0.168 e. The lowest BCUT2D eigenvalue weighted by atomic mass is 10.0. The number of hydrogen-bond donors (Lipinski definition) is 1. The Bertz CT molecular complexity index is 401. The van der Waals surface area contributed by atoms with Gasteiger partial charge in [0.05, 0.1) is 20.6 Å². The van der Waals surface area contributed by atoms with Crippen LogP contribution in [0.3, 0.4) is 0 Å². The Kier molecular flexibility index (Phi) is 4.48. The number of Topliss-reactive ketones (excluding diaryl/α,β-unsaturated/α-hetero) is 1. The largest absolute Gasteiger partial charge is 0.506 e. The number of phenolic OH excluding ortho intramolecular Hbond substituents is 1. The summed E-state index contributed by atoms with van der Waals surface area (Å²) in [5.74, 6) is -0.399. The highest BCUT2D eigenvalue weighted by Crippen LogP contribution is 2.39. The summed E-state index contributed by atoms with van der Waals surface area (Å²) in [5.41, 5.74) is 0.00728. The number of aromatic hydroxyl groups is 1. The predicted molar refractivity (Wildman–Crippen MR) is 66.9 cm³/mol. The number of rotatable bonds is 3. The Labute approximate surface area is 109 Å². The van der Waals surface area contributed by atoms with Gasteiger partial charge in [-0.15, -0.1) is 0 Å². The second-order valence-corrected chi connectivity index (χ2v) is 5.09. The van der Waals surface area contributed by atoms with Crippen LogP contribution in [0.1, 0.15) is 30.6 Å². The first-order chi connectivity index (χ1) is 7.34. The molecule has 0 aliphatic carbocycles. The zero-order valence-corrected chi connectivity index (χ0v) is 11.1. The molecular weight excluding hydrogens is 270 g/mol. The van der Waals surface area contributed by atoms with Gasteiger partial charge in [-0.3, -0.25) is 4.79 Å². The van der Waals surface area contributed by atoms with E-state index >= 15 is 0 Å². The van der Waals surface area contributed by atoms with Crippen LogP contribution in [0.25, 0.3) is 0 Å². The topological polar surface area (TPSA) is 37.3 Å². The number of carbonyl (C=O) groups excluding carboxylic acids is 1. The molecule has 0 heterocycles. The predicted octanol–water partition coefficient (Wildman–Crippen LogP) is 4.58. The van der Waals surface area contributed by atoms with Crippen molar-refractivity contribution in [1.29, 1.82) is 0 Å². The summed E-state index contributed by atoms with van der Waals surface area (Å²) < 4.78 is 0. The summed E-state index contributed by atoms with van der Waals surface area (Å²) in [5, 5.41) is 9.93. The van der Waals surface area contributed by atoms with Gasteiger partial charge >= 0.3 is 0 Å². The second kappa shape index (κ2) is 5.26. The number of phenols is 1. The highest BCUT2D eigenvalue weighted by molar-refractivity contribution is 6.45. The zero-order chi connectivity index (χ0) is 12.5. The summed E-state index contributed by atoms with van der Waals surface area (Å²) >= 11 is 17.4. The molecule has 0 spiro atoms. The summed E-state index contributed by atoms with van der Waals surface area (Å²) in [6.45, 7) is 3.80. The van der Waals surface area contributed by atoms with E-state index in [-0.39, 0.29) is 44.5 Å². The minimum Gasteiger partial charge on any atom is -0.506 e. The molecule has 0 radical (unpaired) electrons. The second-order valence-electron chi connectivity index (χ2n) is 3.90. The Morgan fingerprint density at radius 2 is 1.88 bits per heavy atom. The fourth-order valence-electron chi connectivity index (χ4n) is 1.31. The normalized spacial score (nSPS) is 10.9. The van der Waals surface area contributed by atoms with Crippen LogP contribution >= 0.6 is 34.8 Å². The van der Waals surface area contributed by atoms with E-state index in [0.717, 1.165) is 0 Å². The van der Waals surface area contributed by atoms with E-state index in [1.807, 2.05) is 13.8 Å². The SMILES string of the molecule is CC(C)CC(=O)c1c(O)c(Cl)cc(Cl)c1Cl. The van der Waals surface area contributed by atoms with Crippen molar-refractivity contribution in [2.24, 2.45) is 5.92 Å². The Morgan fingerprint density at radius 1 is 1.31 bits per heavy atom. The van der Waals surface area contributed by atoms with Crippen LogP contribution in [0, 0.1) is 5.92 Å². The number of carbonyl (C=O) groups is 1. The van der Waals surface area contributed by atoms with Crippen molar-refractivity contribution in [3.05, 3.63) is 26.7 Å². The van der Waals surface area contributed by atoms with Crippen molar-refractivity contribution in [3.8, 4) is 5.75 Å². The van der Waals surface area contributed by atoms with Crippen molar-refractivity contribution in [1.82, 2.24) is 0 Å². The molecule has 0 atom stereocenters. The standard InChI is InChI=1S/C11H11Cl3O2/c1-5(2)3-8(15)9-10(14)6(12)4-7(13)11(9)16/h4-5,16H,3H2,1-2H3. The van der Waals surface area contributed by atoms with E-state index in [2.05, 4.69) is 0 Å². The molecule has 1 aromatic rings.